The molecule has 0 aromatic heterocycles. The minimum absolute atomic E-state index is 0.0930. The predicted molar refractivity (Wildman–Crippen MR) is 88.6 cm³/mol. The van der Waals surface area contributed by atoms with Crippen molar-refractivity contribution in [1.82, 2.24) is 4.90 Å². The largest absolute Gasteiger partial charge is 0.508 e. The third kappa shape index (κ3) is 3.76. The van der Waals surface area contributed by atoms with Crippen LogP contribution in [0.15, 0.2) is 35.6 Å². The first kappa shape index (κ1) is 18.0. The summed E-state index contributed by atoms with van der Waals surface area (Å²) in [4.78, 5) is 25.8. The molecule has 1 heterocycles. The number of rotatable bonds is 7. The molecule has 2 N–H and O–H groups in total. The Labute approximate surface area is 141 Å². The van der Waals surface area contributed by atoms with Crippen LogP contribution in [0.3, 0.4) is 0 Å². The normalized spacial score (nSPS) is 17.9. The van der Waals surface area contributed by atoms with Crippen LogP contribution in [-0.2, 0) is 14.3 Å². The second-order valence-corrected chi connectivity index (χ2v) is 6.08. The van der Waals surface area contributed by atoms with Crippen molar-refractivity contribution in [2.24, 2.45) is 0 Å². The van der Waals surface area contributed by atoms with E-state index in [1.54, 1.807) is 12.1 Å². The number of amides is 1. The number of ketones is 1. The van der Waals surface area contributed by atoms with Crippen LogP contribution >= 0.6 is 0 Å². The molecule has 24 heavy (non-hydrogen) atoms. The summed E-state index contributed by atoms with van der Waals surface area (Å²) in [5.74, 6) is -1.30. The maximum absolute atomic E-state index is 12.4. The van der Waals surface area contributed by atoms with Crippen LogP contribution in [0.25, 0.3) is 0 Å². The molecule has 1 aliphatic heterocycles. The van der Waals surface area contributed by atoms with Crippen molar-refractivity contribution in [2.75, 3.05) is 13.2 Å². The molecule has 0 saturated heterocycles. The fourth-order valence-corrected chi connectivity index (χ4v) is 2.80. The number of ether oxygens (including phenoxy) is 1. The van der Waals surface area contributed by atoms with Gasteiger partial charge in [-0.15, -0.1) is 0 Å². The van der Waals surface area contributed by atoms with Gasteiger partial charge in [-0.3, -0.25) is 9.59 Å². The maximum atomic E-state index is 12.4. The van der Waals surface area contributed by atoms with Crippen molar-refractivity contribution in [2.45, 2.75) is 39.3 Å². The van der Waals surface area contributed by atoms with Crippen molar-refractivity contribution in [3.63, 3.8) is 0 Å². The van der Waals surface area contributed by atoms with E-state index in [1.807, 2.05) is 13.8 Å². The molecule has 6 heteroatoms. The Balaban J connectivity index is 2.26. The van der Waals surface area contributed by atoms with Gasteiger partial charge in [-0.25, -0.2) is 0 Å². The van der Waals surface area contributed by atoms with Gasteiger partial charge < -0.3 is 19.8 Å². The molecule has 130 valence electrons. The van der Waals surface area contributed by atoms with Crippen LogP contribution in [0.4, 0.5) is 0 Å². The van der Waals surface area contributed by atoms with Crippen LogP contribution < -0.4 is 0 Å². The molecule has 0 aliphatic carbocycles. The zero-order chi connectivity index (χ0) is 17.9. The second kappa shape index (κ2) is 7.49. The van der Waals surface area contributed by atoms with Gasteiger partial charge in [0.25, 0.3) is 5.91 Å². The van der Waals surface area contributed by atoms with Crippen LogP contribution in [0.1, 0.15) is 38.8 Å². The number of aromatic hydroxyl groups is 1. The Hall–Kier alpha value is -2.34. The number of benzene rings is 1. The summed E-state index contributed by atoms with van der Waals surface area (Å²) >= 11 is 0. The number of nitrogens with zero attached hydrogens (tertiary/aromatic N) is 1. The van der Waals surface area contributed by atoms with E-state index in [1.165, 1.54) is 24.0 Å². The summed E-state index contributed by atoms with van der Waals surface area (Å²) in [7, 11) is 0. The van der Waals surface area contributed by atoms with Crippen LogP contribution in [0.2, 0.25) is 0 Å². The molecule has 1 aromatic carbocycles. The summed E-state index contributed by atoms with van der Waals surface area (Å²) in [6.07, 6.45) is 0.697. The van der Waals surface area contributed by atoms with Crippen molar-refractivity contribution < 1.29 is 24.5 Å². The van der Waals surface area contributed by atoms with E-state index in [0.29, 0.717) is 25.1 Å². The van der Waals surface area contributed by atoms with E-state index in [-0.39, 0.29) is 23.2 Å². The number of aliphatic hydroxyl groups excluding tert-OH is 1. The topological polar surface area (TPSA) is 87.1 Å². The highest BCUT2D eigenvalue weighted by molar-refractivity contribution is 6.08. The molecular formula is C18H23NO5. The summed E-state index contributed by atoms with van der Waals surface area (Å²) in [5, 5.41) is 19.6. The van der Waals surface area contributed by atoms with Crippen LogP contribution in [0, 0.1) is 0 Å². The summed E-state index contributed by atoms with van der Waals surface area (Å²) in [6, 6.07) is 5.63. The predicted octanol–water partition coefficient (Wildman–Crippen LogP) is 2.49. The lowest BCUT2D eigenvalue weighted by Gasteiger charge is -2.26. The quantitative estimate of drug-likeness (QED) is 0.749. The maximum Gasteiger partial charge on any atom is 0.290 e. The first-order valence-electron chi connectivity index (χ1n) is 7.98. The van der Waals surface area contributed by atoms with Crippen molar-refractivity contribution >= 4 is 11.7 Å². The third-order valence-corrected chi connectivity index (χ3v) is 3.89. The summed E-state index contributed by atoms with van der Waals surface area (Å²) < 4.78 is 5.48. The van der Waals surface area contributed by atoms with E-state index >= 15 is 0 Å². The molecule has 6 nitrogen and oxygen atoms in total. The van der Waals surface area contributed by atoms with Crippen molar-refractivity contribution in [3.8, 4) is 5.75 Å². The first-order valence-corrected chi connectivity index (χ1v) is 7.98. The van der Waals surface area contributed by atoms with E-state index in [4.69, 9.17) is 4.74 Å². The molecule has 0 fully saturated rings. The number of Topliss-reactive ketones (excluding diaryl/α,β-unsaturated/α-hetero) is 1. The smallest absolute Gasteiger partial charge is 0.290 e. The molecule has 1 aromatic rings. The third-order valence-electron chi connectivity index (χ3n) is 3.89. The Kier molecular flexibility index (Phi) is 5.62. The van der Waals surface area contributed by atoms with Gasteiger partial charge in [0.05, 0.1) is 17.7 Å². The molecule has 0 saturated carbocycles. The lowest BCUT2D eigenvalue weighted by Crippen LogP contribution is -2.32. The van der Waals surface area contributed by atoms with Gasteiger partial charge >= 0.3 is 0 Å². The summed E-state index contributed by atoms with van der Waals surface area (Å²) in [5.41, 5.74) is 0.760. The molecule has 1 amide bonds. The highest BCUT2D eigenvalue weighted by Crippen LogP contribution is 2.38. The number of phenolic OH excluding ortho intramolecular Hbond substituents is 1. The monoisotopic (exact) mass is 333 g/mol. The van der Waals surface area contributed by atoms with Gasteiger partial charge in [0.1, 0.15) is 5.75 Å². The first-order chi connectivity index (χ1) is 11.3. The fourth-order valence-electron chi connectivity index (χ4n) is 2.80. The molecule has 0 spiro atoms. The molecular weight excluding hydrogens is 310 g/mol. The molecule has 0 bridgehead atoms. The van der Waals surface area contributed by atoms with Gasteiger partial charge in [-0.2, -0.15) is 0 Å². The highest BCUT2D eigenvalue weighted by Gasteiger charge is 2.41. The minimum Gasteiger partial charge on any atom is -0.508 e. The number of hydrogen-bond acceptors (Lipinski definition) is 5. The standard InChI is InChI=1S/C18H23NO5/c1-11(2)24-10-4-9-19-16(13-5-7-14(21)8-6-13)15(12(3)20)17(22)18(19)23/h5-8,11,16,21-22H,4,9-10H2,1-3H3/t16-/m0/s1. The average Bonchev–Trinajstić information content (AvgIpc) is 2.76. The molecule has 0 unspecified atom stereocenters. The van der Waals surface area contributed by atoms with Gasteiger partial charge in [-0.1, -0.05) is 12.1 Å². The number of hydrogen-bond donors (Lipinski definition) is 2. The van der Waals surface area contributed by atoms with Gasteiger partial charge in [-0.05, 0) is 44.9 Å². The van der Waals surface area contributed by atoms with E-state index in [2.05, 4.69) is 0 Å². The van der Waals surface area contributed by atoms with E-state index in [0.717, 1.165) is 0 Å². The minimum atomic E-state index is -0.644. The van der Waals surface area contributed by atoms with E-state index < -0.39 is 17.7 Å². The SMILES string of the molecule is CC(=O)C1=C(O)C(=O)N(CCCOC(C)C)[C@H]1c1ccc(O)cc1. The fraction of sp³-hybridized carbons (Fsp3) is 0.444. The molecule has 1 atom stereocenters. The summed E-state index contributed by atoms with van der Waals surface area (Å²) in [6.45, 7) is 6.04. The van der Waals surface area contributed by atoms with Crippen molar-refractivity contribution in [1.29, 1.82) is 0 Å². The Morgan fingerprint density at radius 3 is 2.42 bits per heavy atom. The number of phenols is 1. The lowest BCUT2D eigenvalue weighted by atomic mass is 9.96. The molecule has 2 rings (SSSR count). The van der Waals surface area contributed by atoms with E-state index in [9.17, 15) is 19.8 Å². The molecule has 0 radical (unpaired) electrons. The number of carbonyl (C=O) groups is 2. The Bertz CT molecular complexity index is 648. The number of aliphatic hydroxyl groups is 1. The zero-order valence-corrected chi connectivity index (χ0v) is 14.2. The van der Waals surface area contributed by atoms with Gasteiger partial charge in [0.15, 0.2) is 11.5 Å². The molecule has 1 aliphatic rings. The Morgan fingerprint density at radius 1 is 1.25 bits per heavy atom. The Morgan fingerprint density at radius 2 is 1.88 bits per heavy atom. The van der Waals surface area contributed by atoms with Crippen LogP contribution in [0.5, 0.6) is 5.75 Å². The number of carbonyl (C=O) groups excluding carboxylic acids is 2. The van der Waals surface area contributed by atoms with Gasteiger partial charge in [0, 0.05) is 13.2 Å². The van der Waals surface area contributed by atoms with Gasteiger partial charge in [0.2, 0.25) is 0 Å². The highest BCUT2D eigenvalue weighted by atomic mass is 16.5. The second-order valence-electron chi connectivity index (χ2n) is 6.08. The lowest BCUT2D eigenvalue weighted by molar-refractivity contribution is -0.129. The average molecular weight is 333 g/mol. The van der Waals surface area contributed by atoms with Crippen LogP contribution in [-0.4, -0.2) is 46.1 Å². The van der Waals surface area contributed by atoms with Crippen molar-refractivity contribution in [3.05, 3.63) is 41.2 Å². The zero-order valence-electron chi connectivity index (χ0n) is 14.2.